The minimum Gasteiger partial charge on any atom is -0.496 e. The summed E-state index contributed by atoms with van der Waals surface area (Å²) in [7, 11) is 1.67. The summed E-state index contributed by atoms with van der Waals surface area (Å²) in [6, 6.07) is 17.9. The van der Waals surface area contributed by atoms with Crippen molar-refractivity contribution in [2.45, 2.75) is 25.4 Å². The molecule has 1 aliphatic rings. The van der Waals surface area contributed by atoms with Crippen molar-refractivity contribution in [1.82, 2.24) is 24.8 Å². The second kappa shape index (κ2) is 10.9. The molecule has 0 aliphatic carbocycles. The van der Waals surface area contributed by atoms with Crippen molar-refractivity contribution in [3.63, 3.8) is 0 Å². The monoisotopic (exact) mass is 575 g/mol. The highest BCUT2D eigenvalue weighted by molar-refractivity contribution is 7.13. The number of aliphatic hydroxyl groups is 1. The van der Waals surface area contributed by atoms with Crippen LogP contribution in [0.25, 0.3) is 43.9 Å². The Hall–Kier alpha value is -4.73. The number of aryl methyl sites for hydroxylation is 1. The number of carbonyl (C=O) groups excluding carboxylic acids is 1. The molecule has 0 saturated carbocycles. The van der Waals surface area contributed by atoms with E-state index in [1.54, 1.807) is 30.8 Å². The van der Waals surface area contributed by atoms with Crippen molar-refractivity contribution in [3.8, 4) is 38.7 Å². The first kappa shape index (κ1) is 26.2. The van der Waals surface area contributed by atoms with Gasteiger partial charge in [-0.25, -0.2) is 9.97 Å². The minimum absolute atomic E-state index is 0.168. The van der Waals surface area contributed by atoms with Gasteiger partial charge in [0.1, 0.15) is 12.1 Å². The number of hydrogen-bond donors (Lipinski definition) is 3. The number of aliphatic hydroxyl groups excluding tert-OH is 1. The molecule has 1 amide bonds. The van der Waals surface area contributed by atoms with Gasteiger partial charge in [-0.1, -0.05) is 24.3 Å². The Bertz CT molecular complexity index is 1890. The van der Waals surface area contributed by atoms with Gasteiger partial charge in [0.2, 0.25) is 0 Å². The van der Waals surface area contributed by atoms with Crippen LogP contribution in [0.5, 0.6) is 5.75 Å². The maximum absolute atomic E-state index is 14.0. The lowest BCUT2D eigenvalue weighted by Gasteiger charge is -2.23. The molecule has 0 saturated heterocycles. The number of nitrogens with one attached hydrogen (secondary N) is 2. The van der Waals surface area contributed by atoms with Crippen molar-refractivity contribution < 1.29 is 14.6 Å². The van der Waals surface area contributed by atoms with Crippen LogP contribution >= 0.6 is 11.3 Å². The van der Waals surface area contributed by atoms with E-state index in [1.165, 1.54) is 6.33 Å². The zero-order chi connectivity index (χ0) is 28.6. The summed E-state index contributed by atoms with van der Waals surface area (Å²) in [6.07, 6.45) is 8.33. The number of amides is 1. The fourth-order valence-electron chi connectivity index (χ4n) is 5.98. The van der Waals surface area contributed by atoms with E-state index in [4.69, 9.17) is 4.74 Å². The van der Waals surface area contributed by atoms with Gasteiger partial charge >= 0.3 is 0 Å². The van der Waals surface area contributed by atoms with E-state index in [1.807, 2.05) is 41.9 Å². The Balaban J connectivity index is 1.28. The number of ether oxygens (including phenoxy) is 1. The molecule has 5 heterocycles. The van der Waals surface area contributed by atoms with Crippen molar-refractivity contribution in [3.05, 3.63) is 102 Å². The molecule has 0 fully saturated rings. The average Bonchev–Trinajstić information content (AvgIpc) is 3.79. The van der Waals surface area contributed by atoms with Gasteiger partial charge in [-0.2, -0.15) is 0 Å². The molecule has 7 rings (SSSR count). The number of carbonyl (C=O) groups is 1. The molecular formula is C33H29N5O3S. The van der Waals surface area contributed by atoms with Gasteiger partial charge in [0.05, 0.1) is 35.9 Å². The molecule has 6 aromatic rings. The molecule has 210 valence electrons. The standard InChI is InChI=1S/C33H29N5O3S/c1-41-30-12-20-8-9-38-29(25(20)13-26(30)22-15-34-19-35-16-22)14-27(32(38)31-7-4-10-42-31)33(40)37-23(18-39)11-21-17-36-28-6-3-2-5-24(21)28/h2-7,10,12-17,19,23,36,39H,8-9,11,18H2,1H3,(H,37,40)/t23-/m1/s1. The average molecular weight is 576 g/mol. The Morgan fingerprint density at radius 1 is 1.14 bits per heavy atom. The van der Waals surface area contributed by atoms with Gasteiger partial charge in [-0.15, -0.1) is 11.3 Å². The lowest BCUT2D eigenvalue weighted by Crippen LogP contribution is -2.39. The van der Waals surface area contributed by atoms with Crippen LogP contribution in [0.4, 0.5) is 0 Å². The van der Waals surface area contributed by atoms with Crippen molar-refractivity contribution in [1.29, 1.82) is 0 Å². The van der Waals surface area contributed by atoms with Gasteiger partial charge in [-0.05, 0) is 59.7 Å². The van der Waals surface area contributed by atoms with Crippen LogP contribution in [0.3, 0.4) is 0 Å². The fraction of sp³-hybridized carbons (Fsp3) is 0.182. The van der Waals surface area contributed by atoms with Crippen LogP contribution in [0.2, 0.25) is 0 Å². The molecule has 1 aliphatic heterocycles. The molecular weight excluding hydrogens is 546 g/mol. The third kappa shape index (κ3) is 4.56. The Kier molecular flexibility index (Phi) is 6.81. The van der Waals surface area contributed by atoms with Crippen molar-refractivity contribution >= 4 is 28.1 Å². The number of H-pyrrole nitrogens is 1. The van der Waals surface area contributed by atoms with E-state index in [-0.39, 0.29) is 12.5 Å². The first-order valence-electron chi connectivity index (χ1n) is 13.9. The summed E-state index contributed by atoms with van der Waals surface area (Å²) in [4.78, 5) is 26.7. The van der Waals surface area contributed by atoms with Crippen molar-refractivity contribution in [2.24, 2.45) is 0 Å². The van der Waals surface area contributed by atoms with E-state index in [0.29, 0.717) is 12.0 Å². The number of methoxy groups -OCH3 is 1. The van der Waals surface area contributed by atoms with E-state index < -0.39 is 6.04 Å². The molecule has 3 N–H and O–H groups in total. The fourth-order valence-corrected chi connectivity index (χ4v) is 6.77. The van der Waals surface area contributed by atoms with E-state index in [9.17, 15) is 9.90 Å². The molecule has 0 radical (unpaired) electrons. The van der Waals surface area contributed by atoms with E-state index in [2.05, 4.69) is 49.1 Å². The molecule has 9 heteroatoms. The number of aromatic amines is 1. The minimum atomic E-state index is -0.439. The zero-order valence-electron chi connectivity index (χ0n) is 23.0. The largest absolute Gasteiger partial charge is 0.496 e. The highest BCUT2D eigenvalue weighted by Crippen LogP contribution is 2.43. The lowest BCUT2D eigenvalue weighted by atomic mass is 9.93. The van der Waals surface area contributed by atoms with Crippen LogP contribution in [0, 0.1) is 0 Å². The van der Waals surface area contributed by atoms with Gasteiger partial charge < -0.3 is 24.7 Å². The molecule has 0 spiro atoms. The Morgan fingerprint density at radius 3 is 2.79 bits per heavy atom. The zero-order valence-corrected chi connectivity index (χ0v) is 23.8. The molecule has 4 aromatic heterocycles. The number of fused-ring (bicyclic) bond motifs is 4. The Morgan fingerprint density at radius 2 is 2.00 bits per heavy atom. The normalized spacial score (nSPS) is 13.0. The first-order chi connectivity index (χ1) is 20.6. The maximum atomic E-state index is 14.0. The Labute approximate surface area is 246 Å². The van der Waals surface area contributed by atoms with Crippen LogP contribution in [0.15, 0.2) is 84.9 Å². The van der Waals surface area contributed by atoms with Crippen LogP contribution in [0.1, 0.15) is 21.5 Å². The quantitative estimate of drug-likeness (QED) is 0.215. The predicted octanol–water partition coefficient (Wildman–Crippen LogP) is 5.72. The highest BCUT2D eigenvalue weighted by atomic mass is 32.1. The lowest BCUT2D eigenvalue weighted by molar-refractivity contribution is 0.0917. The van der Waals surface area contributed by atoms with Crippen LogP contribution < -0.4 is 10.1 Å². The van der Waals surface area contributed by atoms with E-state index in [0.717, 1.165) is 73.7 Å². The number of para-hydroxylation sites is 1. The van der Waals surface area contributed by atoms with Crippen LogP contribution in [-0.2, 0) is 19.4 Å². The van der Waals surface area contributed by atoms with Crippen molar-refractivity contribution in [2.75, 3.05) is 13.7 Å². The SMILES string of the molecule is COc1cc2c(cc1-c1cncnc1)-c1cc(C(=O)N[C@@H](CO)Cc3c[nH]c4ccccc34)c(-c3cccs3)n1CC2. The summed E-state index contributed by atoms with van der Waals surface area (Å²) in [5, 5.41) is 16.5. The number of thiophene rings is 1. The number of aromatic nitrogens is 4. The topological polar surface area (TPSA) is 105 Å². The van der Waals surface area contributed by atoms with E-state index >= 15 is 0 Å². The third-order valence-corrected chi connectivity index (χ3v) is 8.85. The smallest absolute Gasteiger partial charge is 0.253 e. The maximum Gasteiger partial charge on any atom is 0.253 e. The second-order valence-corrected chi connectivity index (χ2v) is 11.4. The summed E-state index contributed by atoms with van der Waals surface area (Å²) in [5.41, 5.74) is 8.53. The molecule has 2 aromatic carbocycles. The summed E-state index contributed by atoms with van der Waals surface area (Å²) in [5.74, 6) is 0.564. The molecule has 1 atom stereocenters. The first-order valence-corrected chi connectivity index (χ1v) is 14.7. The number of nitrogens with zero attached hydrogens (tertiary/aromatic N) is 3. The number of benzene rings is 2. The molecule has 0 bridgehead atoms. The summed E-state index contributed by atoms with van der Waals surface area (Å²) < 4.78 is 8.00. The number of hydrogen-bond acceptors (Lipinski definition) is 6. The second-order valence-electron chi connectivity index (χ2n) is 10.4. The van der Waals surface area contributed by atoms with Gasteiger partial charge in [0.25, 0.3) is 5.91 Å². The predicted molar refractivity (Wildman–Crippen MR) is 165 cm³/mol. The van der Waals surface area contributed by atoms with Crippen LogP contribution in [-0.4, -0.2) is 50.3 Å². The summed E-state index contributed by atoms with van der Waals surface area (Å²) >= 11 is 1.61. The molecule has 42 heavy (non-hydrogen) atoms. The third-order valence-electron chi connectivity index (χ3n) is 7.97. The number of rotatable bonds is 8. The highest BCUT2D eigenvalue weighted by Gasteiger charge is 2.29. The van der Waals surface area contributed by atoms with Gasteiger partial charge in [0, 0.05) is 58.4 Å². The van der Waals surface area contributed by atoms with Gasteiger partial charge in [0.15, 0.2) is 0 Å². The summed E-state index contributed by atoms with van der Waals surface area (Å²) in [6.45, 7) is 0.566. The molecule has 8 nitrogen and oxygen atoms in total. The van der Waals surface area contributed by atoms with Gasteiger partial charge in [-0.3, -0.25) is 4.79 Å². The molecule has 0 unspecified atom stereocenters.